The summed E-state index contributed by atoms with van der Waals surface area (Å²) in [6.45, 7) is 4.61. The minimum absolute atomic E-state index is 0.213. The minimum Gasteiger partial charge on any atom is -0.453 e. The second-order valence-electron chi connectivity index (χ2n) is 5.35. The van der Waals surface area contributed by atoms with Crippen molar-refractivity contribution in [3.8, 4) is 0 Å². The molecule has 1 aromatic heterocycles. The van der Waals surface area contributed by atoms with Crippen molar-refractivity contribution in [2.24, 2.45) is 0 Å². The molecule has 0 aliphatic rings. The van der Waals surface area contributed by atoms with Gasteiger partial charge in [0.15, 0.2) is 12.4 Å². The van der Waals surface area contributed by atoms with E-state index >= 15 is 0 Å². The van der Waals surface area contributed by atoms with Crippen molar-refractivity contribution in [3.05, 3.63) is 58.2 Å². The van der Waals surface area contributed by atoms with E-state index in [1.165, 1.54) is 24.3 Å². The Kier molecular flexibility index (Phi) is 4.95. The standard InChI is InChI=1S/C17H18FNO4/c1-9-15(11(3)20)10(2)19-16(9)17(22)23-8-14(21)12-4-6-13(18)7-5-12/h4-7,11,19-20H,8H2,1-3H3/t11-/m0/s1. The fourth-order valence-electron chi connectivity index (χ4n) is 2.52. The highest BCUT2D eigenvalue weighted by molar-refractivity contribution is 5.99. The number of rotatable bonds is 5. The van der Waals surface area contributed by atoms with Crippen molar-refractivity contribution >= 4 is 11.8 Å². The third-order valence-corrected chi connectivity index (χ3v) is 3.62. The number of Topliss-reactive ketones (excluding diaryl/α,β-unsaturated/α-hetero) is 1. The number of ether oxygens (including phenoxy) is 1. The predicted molar refractivity (Wildman–Crippen MR) is 81.9 cm³/mol. The molecule has 0 bridgehead atoms. The summed E-state index contributed by atoms with van der Waals surface area (Å²) in [6.07, 6.45) is -0.714. The zero-order valence-electron chi connectivity index (χ0n) is 13.1. The summed E-state index contributed by atoms with van der Waals surface area (Å²) in [5, 5.41) is 9.71. The van der Waals surface area contributed by atoms with Gasteiger partial charge in [0.1, 0.15) is 11.5 Å². The number of carbonyl (C=O) groups is 2. The van der Waals surface area contributed by atoms with E-state index in [0.29, 0.717) is 16.8 Å². The molecule has 1 atom stereocenters. The Morgan fingerprint density at radius 1 is 1.26 bits per heavy atom. The molecule has 23 heavy (non-hydrogen) atoms. The monoisotopic (exact) mass is 319 g/mol. The smallest absolute Gasteiger partial charge is 0.355 e. The molecule has 0 fully saturated rings. The molecular weight excluding hydrogens is 301 g/mol. The fraction of sp³-hybridized carbons (Fsp3) is 0.294. The number of hydrogen-bond acceptors (Lipinski definition) is 4. The molecule has 0 radical (unpaired) electrons. The lowest BCUT2D eigenvalue weighted by Gasteiger charge is -2.06. The molecule has 1 heterocycles. The van der Waals surface area contributed by atoms with E-state index in [-0.39, 0.29) is 11.3 Å². The van der Waals surface area contributed by atoms with E-state index in [1.54, 1.807) is 20.8 Å². The molecule has 5 nitrogen and oxygen atoms in total. The van der Waals surface area contributed by atoms with Crippen LogP contribution in [-0.4, -0.2) is 28.4 Å². The van der Waals surface area contributed by atoms with Crippen molar-refractivity contribution in [1.29, 1.82) is 0 Å². The highest BCUT2D eigenvalue weighted by Gasteiger charge is 2.21. The van der Waals surface area contributed by atoms with Gasteiger partial charge in [-0.05, 0) is 50.6 Å². The zero-order chi connectivity index (χ0) is 17.1. The van der Waals surface area contributed by atoms with Gasteiger partial charge in [0.25, 0.3) is 0 Å². The summed E-state index contributed by atoms with van der Waals surface area (Å²) in [4.78, 5) is 26.9. The van der Waals surface area contributed by atoms with E-state index in [0.717, 1.165) is 0 Å². The van der Waals surface area contributed by atoms with Crippen LogP contribution in [-0.2, 0) is 4.74 Å². The predicted octanol–water partition coefficient (Wildman–Crippen LogP) is 2.86. The van der Waals surface area contributed by atoms with E-state index in [4.69, 9.17) is 4.74 Å². The van der Waals surface area contributed by atoms with Crippen molar-refractivity contribution < 1.29 is 23.8 Å². The third-order valence-electron chi connectivity index (χ3n) is 3.62. The largest absolute Gasteiger partial charge is 0.453 e. The molecular formula is C17H18FNO4. The fourth-order valence-corrected chi connectivity index (χ4v) is 2.52. The van der Waals surface area contributed by atoms with Gasteiger partial charge in [0, 0.05) is 16.8 Å². The molecule has 0 unspecified atom stereocenters. The maximum absolute atomic E-state index is 12.8. The molecule has 0 spiro atoms. The molecule has 6 heteroatoms. The normalized spacial score (nSPS) is 12.0. The summed E-state index contributed by atoms with van der Waals surface area (Å²) in [7, 11) is 0. The molecule has 2 N–H and O–H groups in total. The lowest BCUT2D eigenvalue weighted by atomic mass is 10.1. The van der Waals surface area contributed by atoms with Crippen LogP contribution in [0.15, 0.2) is 24.3 Å². The van der Waals surface area contributed by atoms with Crippen molar-refractivity contribution in [2.45, 2.75) is 26.9 Å². The molecule has 1 aromatic carbocycles. The Hall–Kier alpha value is -2.47. The van der Waals surface area contributed by atoms with Crippen LogP contribution in [0.5, 0.6) is 0 Å². The second kappa shape index (κ2) is 6.75. The highest BCUT2D eigenvalue weighted by atomic mass is 19.1. The van der Waals surface area contributed by atoms with Gasteiger partial charge in [-0.25, -0.2) is 9.18 Å². The Morgan fingerprint density at radius 2 is 1.87 bits per heavy atom. The maximum atomic E-state index is 12.8. The number of carbonyl (C=O) groups excluding carboxylic acids is 2. The van der Waals surface area contributed by atoms with E-state index in [9.17, 15) is 19.1 Å². The molecule has 0 saturated heterocycles. The van der Waals surface area contributed by atoms with Crippen LogP contribution < -0.4 is 0 Å². The number of hydrogen-bond donors (Lipinski definition) is 2. The lowest BCUT2D eigenvalue weighted by Crippen LogP contribution is -2.15. The van der Waals surface area contributed by atoms with Crippen molar-refractivity contribution in [3.63, 3.8) is 0 Å². The second-order valence-corrected chi connectivity index (χ2v) is 5.35. The van der Waals surface area contributed by atoms with E-state index in [2.05, 4.69) is 4.98 Å². The molecule has 0 aliphatic heterocycles. The van der Waals surface area contributed by atoms with Crippen LogP contribution in [0.4, 0.5) is 4.39 Å². The van der Waals surface area contributed by atoms with Crippen molar-refractivity contribution in [1.82, 2.24) is 4.98 Å². The van der Waals surface area contributed by atoms with Crippen LogP contribution in [0.25, 0.3) is 0 Å². The molecule has 2 rings (SSSR count). The van der Waals surface area contributed by atoms with Gasteiger partial charge >= 0.3 is 5.97 Å². The van der Waals surface area contributed by atoms with Gasteiger partial charge in [-0.1, -0.05) is 0 Å². The van der Waals surface area contributed by atoms with Gasteiger partial charge < -0.3 is 14.8 Å². The van der Waals surface area contributed by atoms with Gasteiger partial charge in [-0.15, -0.1) is 0 Å². The number of aliphatic hydroxyl groups is 1. The lowest BCUT2D eigenvalue weighted by molar-refractivity contribution is 0.0468. The average Bonchev–Trinajstić information content (AvgIpc) is 2.80. The summed E-state index contributed by atoms with van der Waals surface area (Å²) in [5.74, 6) is -1.54. The number of nitrogens with one attached hydrogen (secondary N) is 1. The van der Waals surface area contributed by atoms with E-state index < -0.39 is 30.3 Å². The summed E-state index contributed by atoms with van der Waals surface area (Å²) in [5.41, 5.74) is 2.39. The van der Waals surface area contributed by atoms with Crippen LogP contribution in [0.1, 0.15) is 50.7 Å². The molecule has 0 saturated carbocycles. The van der Waals surface area contributed by atoms with Gasteiger partial charge in [-0.3, -0.25) is 4.79 Å². The number of aromatic nitrogens is 1. The first-order chi connectivity index (χ1) is 10.8. The number of esters is 1. The number of benzene rings is 1. The minimum atomic E-state index is -0.714. The molecule has 2 aromatic rings. The SMILES string of the molecule is Cc1[nH]c(C(=O)OCC(=O)c2ccc(F)cc2)c(C)c1[C@H](C)O. The van der Waals surface area contributed by atoms with Crippen LogP contribution >= 0.6 is 0 Å². The summed E-state index contributed by atoms with van der Waals surface area (Å²) >= 11 is 0. The van der Waals surface area contributed by atoms with Gasteiger partial charge in [0.05, 0.1) is 6.10 Å². The number of aromatic amines is 1. The molecule has 0 aliphatic carbocycles. The first-order valence-corrected chi connectivity index (χ1v) is 7.14. The Labute approximate surface area is 133 Å². The van der Waals surface area contributed by atoms with E-state index in [1.807, 2.05) is 0 Å². The number of aryl methyl sites for hydroxylation is 1. The summed E-state index contributed by atoms with van der Waals surface area (Å²) in [6, 6.07) is 5.01. The van der Waals surface area contributed by atoms with Crippen LogP contribution in [0.2, 0.25) is 0 Å². The first-order valence-electron chi connectivity index (χ1n) is 7.14. The molecule has 0 amide bonds. The Balaban J connectivity index is 2.07. The maximum Gasteiger partial charge on any atom is 0.355 e. The van der Waals surface area contributed by atoms with Crippen molar-refractivity contribution in [2.75, 3.05) is 6.61 Å². The number of H-pyrrole nitrogens is 1. The van der Waals surface area contributed by atoms with Crippen LogP contribution in [0, 0.1) is 19.7 Å². The zero-order valence-corrected chi connectivity index (χ0v) is 13.1. The Bertz CT molecular complexity index is 732. The molecule has 122 valence electrons. The van der Waals surface area contributed by atoms with Crippen LogP contribution in [0.3, 0.4) is 0 Å². The van der Waals surface area contributed by atoms with Gasteiger partial charge in [-0.2, -0.15) is 0 Å². The number of halogens is 1. The summed E-state index contributed by atoms with van der Waals surface area (Å²) < 4.78 is 17.8. The topological polar surface area (TPSA) is 79.4 Å². The average molecular weight is 319 g/mol. The highest BCUT2D eigenvalue weighted by Crippen LogP contribution is 2.24. The first kappa shape index (κ1) is 16.9. The Morgan fingerprint density at radius 3 is 2.39 bits per heavy atom. The number of aliphatic hydroxyl groups excluding tert-OH is 1. The van der Waals surface area contributed by atoms with Gasteiger partial charge in [0.2, 0.25) is 0 Å². The quantitative estimate of drug-likeness (QED) is 0.656. The third kappa shape index (κ3) is 3.65. The number of ketones is 1.